The van der Waals surface area contributed by atoms with Gasteiger partial charge in [-0.15, -0.1) is 0 Å². The molecule has 0 saturated carbocycles. The highest BCUT2D eigenvalue weighted by atomic mass is 32.2. The first-order valence-electron chi connectivity index (χ1n) is 7.21. The van der Waals surface area contributed by atoms with E-state index in [1.54, 1.807) is 24.3 Å². The van der Waals surface area contributed by atoms with Crippen LogP contribution in [-0.4, -0.2) is 24.8 Å². The van der Waals surface area contributed by atoms with E-state index in [0.29, 0.717) is 23.6 Å². The fraction of sp³-hybridized carbons (Fsp3) is 0.235. The standard InChI is InChI=1S/C17H16F3NO2S/c18-14-7-3-1-5-12(14)11-24-10-9-21-16(22)13-6-2-4-8-15(13)23-17(19)20/h1-8,17H,9-11H2,(H,21,22). The first-order chi connectivity index (χ1) is 11.6. The molecule has 2 rings (SSSR count). The number of benzene rings is 2. The highest BCUT2D eigenvalue weighted by molar-refractivity contribution is 7.98. The number of nitrogens with one attached hydrogen (secondary N) is 1. The van der Waals surface area contributed by atoms with Gasteiger partial charge in [-0.25, -0.2) is 4.39 Å². The lowest BCUT2D eigenvalue weighted by atomic mass is 10.2. The molecule has 0 saturated heterocycles. The van der Waals surface area contributed by atoms with Crippen molar-refractivity contribution in [3.63, 3.8) is 0 Å². The number of halogens is 3. The van der Waals surface area contributed by atoms with E-state index in [9.17, 15) is 18.0 Å². The highest BCUT2D eigenvalue weighted by Crippen LogP contribution is 2.20. The van der Waals surface area contributed by atoms with Gasteiger partial charge in [-0.2, -0.15) is 20.5 Å². The van der Waals surface area contributed by atoms with Gasteiger partial charge in [0.15, 0.2) is 0 Å². The van der Waals surface area contributed by atoms with Gasteiger partial charge in [0.25, 0.3) is 5.91 Å². The van der Waals surface area contributed by atoms with Gasteiger partial charge in [0.05, 0.1) is 5.56 Å². The van der Waals surface area contributed by atoms with E-state index in [-0.39, 0.29) is 17.1 Å². The molecule has 2 aromatic rings. The smallest absolute Gasteiger partial charge is 0.387 e. The van der Waals surface area contributed by atoms with Gasteiger partial charge in [-0.3, -0.25) is 4.79 Å². The molecule has 0 radical (unpaired) electrons. The van der Waals surface area contributed by atoms with Crippen molar-refractivity contribution < 1.29 is 22.7 Å². The van der Waals surface area contributed by atoms with Gasteiger partial charge in [-0.1, -0.05) is 30.3 Å². The van der Waals surface area contributed by atoms with Gasteiger partial charge in [0.2, 0.25) is 0 Å². The molecule has 0 aromatic heterocycles. The van der Waals surface area contributed by atoms with Crippen molar-refractivity contribution in [3.05, 3.63) is 65.5 Å². The molecule has 0 atom stereocenters. The molecular weight excluding hydrogens is 339 g/mol. The summed E-state index contributed by atoms with van der Waals surface area (Å²) in [7, 11) is 0. The maximum Gasteiger partial charge on any atom is 0.387 e. The van der Waals surface area contributed by atoms with Gasteiger partial charge in [-0.05, 0) is 23.8 Å². The van der Waals surface area contributed by atoms with Crippen molar-refractivity contribution in [2.24, 2.45) is 0 Å². The quantitative estimate of drug-likeness (QED) is 0.725. The van der Waals surface area contributed by atoms with Crippen molar-refractivity contribution in [1.82, 2.24) is 5.32 Å². The van der Waals surface area contributed by atoms with Crippen LogP contribution in [0.3, 0.4) is 0 Å². The second-order valence-corrected chi connectivity index (χ2v) is 5.88. The summed E-state index contributed by atoms with van der Waals surface area (Å²) in [6.45, 7) is -2.66. The Kier molecular flexibility index (Phi) is 6.99. The number of hydrogen-bond acceptors (Lipinski definition) is 3. The van der Waals surface area contributed by atoms with Crippen molar-refractivity contribution >= 4 is 17.7 Å². The Hall–Kier alpha value is -2.15. The number of carbonyl (C=O) groups excluding carboxylic acids is 1. The summed E-state index contributed by atoms with van der Waals surface area (Å²) in [5, 5.41) is 2.64. The van der Waals surface area contributed by atoms with Crippen LogP contribution in [-0.2, 0) is 5.75 Å². The zero-order valence-electron chi connectivity index (χ0n) is 12.7. The molecule has 0 aliphatic heterocycles. The van der Waals surface area contributed by atoms with Crippen LogP contribution in [0.25, 0.3) is 0 Å². The Morgan fingerprint density at radius 2 is 1.83 bits per heavy atom. The maximum absolute atomic E-state index is 13.4. The van der Waals surface area contributed by atoms with E-state index in [1.165, 1.54) is 36.0 Å². The second kappa shape index (κ2) is 9.22. The second-order valence-electron chi connectivity index (χ2n) is 4.77. The summed E-state index contributed by atoms with van der Waals surface area (Å²) >= 11 is 1.47. The Bertz CT molecular complexity index is 682. The zero-order chi connectivity index (χ0) is 17.4. The summed E-state index contributed by atoms with van der Waals surface area (Å²) in [5.41, 5.74) is 0.654. The average Bonchev–Trinajstić information content (AvgIpc) is 2.56. The molecular formula is C17H16F3NO2S. The minimum absolute atomic E-state index is 0.0527. The van der Waals surface area contributed by atoms with Crippen molar-refractivity contribution in [2.75, 3.05) is 12.3 Å². The van der Waals surface area contributed by atoms with Crippen molar-refractivity contribution in [2.45, 2.75) is 12.4 Å². The summed E-state index contributed by atoms with van der Waals surface area (Å²) in [6.07, 6.45) is 0. The SMILES string of the molecule is O=C(NCCSCc1ccccc1F)c1ccccc1OC(F)F. The Labute approximate surface area is 142 Å². The van der Waals surface area contributed by atoms with Gasteiger partial charge in [0, 0.05) is 18.1 Å². The predicted molar refractivity (Wildman–Crippen MR) is 88.0 cm³/mol. The van der Waals surface area contributed by atoms with E-state index in [0.717, 1.165) is 0 Å². The number of para-hydroxylation sites is 1. The lowest BCUT2D eigenvalue weighted by molar-refractivity contribution is -0.0501. The third-order valence-corrected chi connectivity index (χ3v) is 4.10. The number of alkyl halides is 2. The minimum atomic E-state index is -2.99. The van der Waals surface area contributed by atoms with E-state index >= 15 is 0 Å². The minimum Gasteiger partial charge on any atom is -0.434 e. The van der Waals surface area contributed by atoms with Crippen LogP contribution >= 0.6 is 11.8 Å². The Morgan fingerprint density at radius 1 is 1.12 bits per heavy atom. The lowest BCUT2D eigenvalue weighted by Gasteiger charge is -2.10. The van der Waals surface area contributed by atoms with E-state index < -0.39 is 12.5 Å². The molecule has 0 aliphatic carbocycles. The molecule has 0 bridgehead atoms. The van der Waals surface area contributed by atoms with Crippen molar-refractivity contribution in [1.29, 1.82) is 0 Å². The first kappa shape index (κ1) is 18.2. The highest BCUT2D eigenvalue weighted by Gasteiger charge is 2.14. The van der Waals surface area contributed by atoms with Crippen LogP contribution in [0, 0.1) is 5.82 Å². The molecule has 2 aromatic carbocycles. The molecule has 0 spiro atoms. The third-order valence-electron chi connectivity index (χ3n) is 3.10. The molecule has 7 heteroatoms. The lowest BCUT2D eigenvalue weighted by Crippen LogP contribution is -2.26. The fourth-order valence-electron chi connectivity index (χ4n) is 1.98. The number of carbonyl (C=O) groups is 1. The van der Waals surface area contributed by atoms with Crippen LogP contribution in [0.1, 0.15) is 15.9 Å². The molecule has 0 fully saturated rings. The summed E-state index contributed by atoms with van der Waals surface area (Å²) in [6, 6.07) is 12.3. The number of hydrogen-bond donors (Lipinski definition) is 1. The maximum atomic E-state index is 13.4. The molecule has 0 heterocycles. The number of amides is 1. The third kappa shape index (κ3) is 5.49. The molecule has 1 amide bonds. The number of rotatable bonds is 8. The summed E-state index contributed by atoms with van der Waals surface area (Å²) in [5.74, 6) is 0.153. The molecule has 1 N–H and O–H groups in total. The van der Waals surface area contributed by atoms with E-state index in [4.69, 9.17) is 0 Å². The van der Waals surface area contributed by atoms with E-state index in [2.05, 4.69) is 10.1 Å². The average molecular weight is 355 g/mol. The fourth-order valence-corrected chi connectivity index (χ4v) is 2.83. The summed E-state index contributed by atoms with van der Waals surface area (Å²) in [4.78, 5) is 12.0. The van der Waals surface area contributed by atoms with Crippen molar-refractivity contribution in [3.8, 4) is 5.75 Å². The molecule has 0 aliphatic rings. The van der Waals surface area contributed by atoms with Crippen LogP contribution in [0.4, 0.5) is 13.2 Å². The van der Waals surface area contributed by atoms with Gasteiger partial charge >= 0.3 is 6.61 Å². The molecule has 128 valence electrons. The molecule has 24 heavy (non-hydrogen) atoms. The number of thioether (sulfide) groups is 1. The topological polar surface area (TPSA) is 38.3 Å². The summed E-state index contributed by atoms with van der Waals surface area (Å²) < 4.78 is 42.4. The van der Waals surface area contributed by atoms with Gasteiger partial charge < -0.3 is 10.1 Å². The van der Waals surface area contributed by atoms with E-state index in [1.807, 2.05) is 0 Å². The normalized spacial score (nSPS) is 10.7. The molecule has 0 unspecified atom stereocenters. The van der Waals surface area contributed by atoms with Gasteiger partial charge in [0.1, 0.15) is 11.6 Å². The predicted octanol–water partition coefficient (Wildman–Crippen LogP) is 4.09. The van der Waals surface area contributed by atoms with Crippen LogP contribution in [0.15, 0.2) is 48.5 Å². The Balaban J connectivity index is 1.78. The zero-order valence-corrected chi connectivity index (χ0v) is 13.5. The molecule has 3 nitrogen and oxygen atoms in total. The largest absolute Gasteiger partial charge is 0.434 e. The van der Waals surface area contributed by atoms with Crippen LogP contribution < -0.4 is 10.1 Å². The first-order valence-corrected chi connectivity index (χ1v) is 8.36. The van der Waals surface area contributed by atoms with Crippen LogP contribution in [0.5, 0.6) is 5.75 Å². The monoisotopic (exact) mass is 355 g/mol. The number of ether oxygens (including phenoxy) is 1. The Morgan fingerprint density at radius 3 is 2.58 bits per heavy atom. The van der Waals surface area contributed by atoms with Crippen LogP contribution in [0.2, 0.25) is 0 Å².